The maximum Gasteiger partial charge on any atom is 0.342 e. The number of nitro benzene ring substituents is 1. The van der Waals surface area contributed by atoms with Crippen molar-refractivity contribution in [2.75, 3.05) is 0 Å². The predicted octanol–water partition coefficient (Wildman–Crippen LogP) is 5.21. The Bertz CT molecular complexity index is 1200. The zero-order valence-electron chi connectivity index (χ0n) is 15.8. The lowest BCUT2D eigenvalue weighted by Gasteiger charge is -2.08. The van der Waals surface area contributed by atoms with Crippen LogP contribution in [0, 0.1) is 10.1 Å². The van der Waals surface area contributed by atoms with Crippen molar-refractivity contribution in [2.45, 2.75) is 18.6 Å². The average molecular weight is 526 g/mol. The van der Waals surface area contributed by atoms with Crippen molar-refractivity contribution in [2.24, 2.45) is 0 Å². The number of hydrogen-bond donors (Lipinski definition) is 2. The molecule has 3 rings (SSSR count). The highest BCUT2D eigenvalue weighted by Gasteiger charge is 2.21. The standard InChI is InChI=1S/C19H14BrClN4O5S/c1-2-24-17(11-3-5-12(21)6-4-11)22-23-19(24)31-15(18(27)28)9-10-7-13(20)16(26)14(8-10)25(29)30/h3-9,26H,2H2,1H3,(H,27,28)/b15-9-. The molecule has 0 saturated carbocycles. The number of phenolic OH excluding ortho intramolecular Hbond substituents is 1. The van der Waals surface area contributed by atoms with Crippen molar-refractivity contribution in [3.8, 4) is 17.1 Å². The summed E-state index contributed by atoms with van der Waals surface area (Å²) in [6.07, 6.45) is 1.26. The van der Waals surface area contributed by atoms with Crippen LogP contribution in [0.2, 0.25) is 5.02 Å². The Morgan fingerprint density at radius 3 is 2.58 bits per heavy atom. The number of aliphatic carboxylic acids is 1. The number of hydrogen-bond acceptors (Lipinski definition) is 7. The van der Waals surface area contributed by atoms with Crippen LogP contribution >= 0.6 is 39.3 Å². The summed E-state index contributed by atoms with van der Waals surface area (Å²) >= 11 is 9.83. The van der Waals surface area contributed by atoms with Gasteiger partial charge in [0.2, 0.25) is 5.75 Å². The minimum Gasteiger partial charge on any atom is -0.501 e. The van der Waals surface area contributed by atoms with Gasteiger partial charge in [-0.25, -0.2) is 4.79 Å². The molecule has 31 heavy (non-hydrogen) atoms. The number of halogens is 2. The molecule has 0 fully saturated rings. The summed E-state index contributed by atoms with van der Waals surface area (Å²) in [4.78, 5) is 22.1. The van der Waals surface area contributed by atoms with Crippen LogP contribution in [-0.4, -0.2) is 35.9 Å². The zero-order valence-corrected chi connectivity index (χ0v) is 19.0. The topological polar surface area (TPSA) is 131 Å². The van der Waals surface area contributed by atoms with Gasteiger partial charge in [0.05, 0.1) is 9.40 Å². The molecule has 0 aliphatic rings. The van der Waals surface area contributed by atoms with Gasteiger partial charge >= 0.3 is 11.7 Å². The average Bonchev–Trinajstić information content (AvgIpc) is 3.12. The molecule has 0 spiro atoms. The van der Waals surface area contributed by atoms with E-state index >= 15 is 0 Å². The third-order valence-corrected chi connectivity index (χ3v) is 5.96. The van der Waals surface area contributed by atoms with Crippen LogP contribution in [0.25, 0.3) is 17.5 Å². The predicted molar refractivity (Wildman–Crippen MR) is 120 cm³/mol. The Morgan fingerprint density at radius 2 is 2.00 bits per heavy atom. The SMILES string of the molecule is CCn1c(S/C(=C\c2cc(Br)c(O)c([N+](=O)[O-])c2)C(=O)O)nnc1-c1ccc(Cl)cc1. The minimum absolute atomic E-state index is 0.0736. The maximum atomic E-state index is 11.8. The fourth-order valence-electron chi connectivity index (χ4n) is 2.67. The molecule has 0 radical (unpaired) electrons. The van der Waals surface area contributed by atoms with E-state index in [1.165, 1.54) is 12.1 Å². The van der Waals surface area contributed by atoms with E-state index in [-0.39, 0.29) is 14.9 Å². The van der Waals surface area contributed by atoms with Crippen LogP contribution in [0.15, 0.2) is 50.9 Å². The number of aromatic hydroxyl groups is 1. The second-order valence-electron chi connectivity index (χ2n) is 6.10. The molecule has 0 aliphatic heterocycles. The van der Waals surface area contributed by atoms with Crippen molar-refractivity contribution in [1.29, 1.82) is 0 Å². The highest BCUT2D eigenvalue weighted by atomic mass is 79.9. The van der Waals surface area contributed by atoms with Gasteiger partial charge in [-0.05, 0) is 76.6 Å². The van der Waals surface area contributed by atoms with Crippen LogP contribution in [0.4, 0.5) is 5.69 Å². The van der Waals surface area contributed by atoms with Crippen LogP contribution < -0.4 is 0 Å². The van der Waals surface area contributed by atoms with Gasteiger partial charge in [0.25, 0.3) is 0 Å². The van der Waals surface area contributed by atoms with E-state index in [9.17, 15) is 25.1 Å². The highest BCUT2D eigenvalue weighted by molar-refractivity contribution is 9.10. The number of thioether (sulfide) groups is 1. The summed E-state index contributed by atoms with van der Waals surface area (Å²) in [5.74, 6) is -1.23. The molecule has 0 saturated heterocycles. The molecule has 0 atom stereocenters. The molecule has 1 aromatic heterocycles. The first-order valence-electron chi connectivity index (χ1n) is 8.70. The highest BCUT2D eigenvalue weighted by Crippen LogP contribution is 2.37. The van der Waals surface area contributed by atoms with Gasteiger partial charge in [-0.15, -0.1) is 10.2 Å². The van der Waals surface area contributed by atoms with Crippen molar-refractivity contribution in [1.82, 2.24) is 14.8 Å². The molecule has 160 valence electrons. The monoisotopic (exact) mass is 524 g/mol. The number of nitro groups is 1. The van der Waals surface area contributed by atoms with E-state index in [4.69, 9.17) is 11.6 Å². The maximum absolute atomic E-state index is 11.8. The Morgan fingerprint density at radius 1 is 1.32 bits per heavy atom. The van der Waals surface area contributed by atoms with Crippen LogP contribution in [0.1, 0.15) is 12.5 Å². The van der Waals surface area contributed by atoms with Gasteiger partial charge in [-0.3, -0.25) is 10.1 Å². The van der Waals surface area contributed by atoms with Crippen LogP contribution in [-0.2, 0) is 11.3 Å². The second kappa shape index (κ2) is 9.50. The van der Waals surface area contributed by atoms with Gasteiger partial charge in [0, 0.05) is 23.2 Å². The fourth-order valence-corrected chi connectivity index (χ4v) is 4.15. The van der Waals surface area contributed by atoms with E-state index in [1.54, 1.807) is 28.8 Å². The lowest BCUT2D eigenvalue weighted by atomic mass is 10.1. The van der Waals surface area contributed by atoms with Gasteiger partial charge in [0.1, 0.15) is 4.91 Å². The van der Waals surface area contributed by atoms with E-state index in [0.717, 1.165) is 23.4 Å². The third kappa shape index (κ3) is 5.06. The van der Waals surface area contributed by atoms with Gasteiger partial charge in [0.15, 0.2) is 11.0 Å². The third-order valence-electron chi connectivity index (χ3n) is 4.11. The lowest BCUT2D eigenvalue weighted by Crippen LogP contribution is -2.03. The van der Waals surface area contributed by atoms with E-state index in [1.807, 2.05) is 6.92 Å². The van der Waals surface area contributed by atoms with E-state index < -0.39 is 22.3 Å². The molecule has 0 aliphatic carbocycles. The van der Waals surface area contributed by atoms with Crippen molar-refractivity contribution < 1.29 is 19.9 Å². The molecular weight excluding hydrogens is 512 g/mol. The van der Waals surface area contributed by atoms with Crippen molar-refractivity contribution >= 4 is 57.0 Å². The van der Waals surface area contributed by atoms with Gasteiger partial charge < -0.3 is 14.8 Å². The summed E-state index contributed by atoms with van der Waals surface area (Å²) in [6.45, 7) is 2.36. The van der Waals surface area contributed by atoms with E-state index in [0.29, 0.717) is 22.5 Å². The number of nitrogens with zero attached hydrogens (tertiary/aromatic N) is 4. The Kier molecular flexibility index (Phi) is 6.98. The molecule has 3 aromatic rings. The number of phenols is 1. The zero-order chi connectivity index (χ0) is 22.7. The first kappa shape index (κ1) is 22.8. The Hall–Kier alpha value is -2.89. The molecule has 2 aromatic carbocycles. The normalized spacial score (nSPS) is 11.5. The smallest absolute Gasteiger partial charge is 0.342 e. The van der Waals surface area contributed by atoms with Gasteiger partial charge in [-0.2, -0.15) is 0 Å². The molecular formula is C19H14BrClN4O5S. The summed E-state index contributed by atoms with van der Waals surface area (Å²) in [6, 6.07) is 9.48. The van der Waals surface area contributed by atoms with Gasteiger partial charge in [-0.1, -0.05) is 11.6 Å². The molecule has 9 nitrogen and oxygen atoms in total. The number of benzene rings is 2. The Labute approximate surface area is 193 Å². The number of carboxylic acids is 1. The number of carboxylic acid groups (broad SMARTS) is 1. The molecule has 0 unspecified atom stereocenters. The van der Waals surface area contributed by atoms with Crippen molar-refractivity contribution in [3.05, 3.63) is 66.5 Å². The van der Waals surface area contributed by atoms with Crippen LogP contribution in [0.3, 0.4) is 0 Å². The largest absolute Gasteiger partial charge is 0.501 e. The molecule has 0 amide bonds. The molecule has 1 heterocycles. The number of aromatic nitrogens is 3. The number of carbonyl (C=O) groups is 1. The minimum atomic E-state index is -1.24. The molecule has 12 heteroatoms. The number of rotatable bonds is 7. The molecule has 2 N–H and O–H groups in total. The fraction of sp³-hybridized carbons (Fsp3) is 0.105. The second-order valence-corrected chi connectivity index (χ2v) is 8.40. The summed E-state index contributed by atoms with van der Waals surface area (Å²) in [5.41, 5.74) is 0.448. The molecule has 0 bridgehead atoms. The van der Waals surface area contributed by atoms with Crippen LogP contribution in [0.5, 0.6) is 5.75 Å². The lowest BCUT2D eigenvalue weighted by molar-refractivity contribution is -0.386. The van der Waals surface area contributed by atoms with Crippen molar-refractivity contribution in [3.63, 3.8) is 0 Å². The first-order chi connectivity index (χ1) is 14.7. The summed E-state index contributed by atoms with van der Waals surface area (Å²) in [7, 11) is 0. The summed E-state index contributed by atoms with van der Waals surface area (Å²) < 4.78 is 1.82. The first-order valence-corrected chi connectivity index (χ1v) is 10.7. The summed E-state index contributed by atoms with van der Waals surface area (Å²) in [5, 5.41) is 39.8. The van der Waals surface area contributed by atoms with E-state index in [2.05, 4.69) is 26.1 Å². The Balaban J connectivity index is 2.01. The quantitative estimate of drug-likeness (QED) is 0.186.